The Kier molecular flexibility index (Phi) is 22.1. The third-order valence-electron chi connectivity index (χ3n) is 10.4. The van der Waals surface area contributed by atoms with E-state index in [9.17, 15) is 58.5 Å². The second kappa shape index (κ2) is 26.3. The maximum absolute atomic E-state index is 13.6. The van der Waals surface area contributed by atoms with Gasteiger partial charge in [-0.15, -0.1) is 0 Å². The number of nitrogens with one attached hydrogen (secondary N) is 6. The number of benzene rings is 1. The summed E-state index contributed by atoms with van der Waals surface area (Å²) in [6.07, 6.45) is 0.148. The van der Waals surface area contributed by atoms with Gasteiger partial charge in [-0.3, -0.25) is 43.3 Å². The third kappa shape index (κ3) is 18.6. The van der Waals surface area contributed by atoms with Crippen molar-refractivity contribution in [2.75, 3.05) is 19.6 Å². The van der Waals surface area contributed by atoms with Crippen LogP contribution < -0.4 is 49.1 Å². The average Bonchev–Trinajstić information content (AvgIpc) is 3.71. The van der Waals surface area contributed by atoms with E-state index < -0.39 is 120 Å². The quantitative estimate of drug-likeness (QED) is 0.0266. The lowest BCUT2D eigenvalue weighted by atomic mass is 10.0. The standard InChI is InChI=1S/C42H67N11O12/c1-21(2)17-28(49-37(60)29(19-32(56)57)50-38(61)30-10-8-16-53(30)40(63)26(43)18-24-11-13-25(54)14-12-24)35(58)47-20-31(55)51-33(22(3)4)39(62)48-27(9-7-15-46-42(44)45)36(59)52-34(23(5)6)41(64)65/h11-14,21-23,26-30,33-34,54H,7-10,15-20,43H2,1-6H3,(H,47,58)(H,48,62)(H,49,60)(H,50,61)(H,51,55)(H,52,59)(H,56,57)(H,64,65)(H4,44,45,46)/t26-,27-,28-,29-,30-,33-,34-/m0/s1. The summed E-state index contributed by atoms with van der Waals surface area (Å²) in [4.78, 5) is 123. The van der Waals surface area contributed by atoms with Crippen LogP contribution in [0.2, 0.25) is 0 Å². The summed E-state index contributed by atoms with van der Waals surface area (Å²) >= 11 is 0. The molecule has 23 nitrogen and oxygen atoms in total. The highest BCUT2D eigenvalue weighted by molar-refractivity contribution is 5.98. The molecule has 0 spiro atoms. The van der Waals surface area contributed by atoms with Crippen LogP contribution in [0.4, 0.5) is 0 Å². The average molecular weight is 918 g/mol. The number of aliphatic imine (C=N–C) groups is 1. The molecule has 23 heteroatoms. The molecule has 0 aliphatic carbocycles. The Morgan fingerprint density at radius 1 is 0.769 bits per heavy atom. The van der Waals surface area contributed by atoms with Crippen LogP contribution in [-0.4, -0.2) is 141 Å². The highest BCUT2D eigenvalue weighted by Gasteiger charge is 2.39. The second-order valence-electron chi connectivity index (χ2n) is 17.1. The number of hydrogen-bond acceptors (Lipinski definition) is 12. The van der Waals surface area contributed by atoms with E-state index in [1.165, 1.54) is 17.0 Å². The van der Waals surface area contributed by atoms with E-state index in [1.807, 2.05) is 0 Å². The highest BCUT2D eigenvalue weighted by atomic mass is 16.4. The summed E-state index contributed by atoms with van der Waals surface area (Å²) in [6, 6.07) is -2.70. The van der Waals surface area contributed by atoms with Gasteiger partial charge in [0.1, 0.15) is 42.0 Å². The third-order valence-corrected chi connectivity index (χ3v) is 10.4. The first-order chi connectivity index (χ1) is 30.4. The molecule has 0 aromatic heterocycles. The van der Waals surface area contributed by atoms with Gasteiger partial charge < -0.3 is 69.3 Å². The summed E-state index contributed by atoms with van der Waals surface area (Å²) in [7, 11) is 0. The zero-order valence-electron chi connectivity index (χ0n) is 37.8. The van der Waals surface area contributed by atoms with Crippen LogP contribution in [0.1, 0.15) is 85.6 Å². The van der Waals surface area contributed by atoms with Crippen molar-refractivity contribution in [3.8, 4) is 5.75 Å². The number of carboxylic acid groups (broad SMARTS) is 2. The molecule has 15 N–H and O–H groups in total. The van der Waals surface area contributed by atoms with Crippen LogP contribution in [0.3, 0.4) is 0 Å². The Balaban J connectivity index is 2.14. The predicted molar refractivity (Wildman–Crippen MR) is 236 cm³/mol. The number of amides is 7. The van der Waals surface area contributed by atoms with E-state index >= 15 is 0 Å². The first-order valence-electron chi connectivity index (χ1n) is 21.5. The van der Waals surface area contributed by atoms with Crippen molar-refractivity contribution < 1.29 is 58.5 Å². The Bertz CT molecular complexity index is 1870. The molecule has 1 heterocycles. The van der Waals surface area contributed by atoms with Gasteiger partial charge in [0, 0.05) is 13.1 Å². The zero-order chi connectivity index (χ0) is 49.1. The largest absolute Gasteiger partial charge is 0.508 e. The predicted octanol–water partition coefficient (Wildman–Crippen LogP) is -2.24. The molecule has 1 aromatic rings. The van der Waals surface area contributed by atoms with Gasteiger partial charge >= 0.3 is 11.9 Å². The van der Waals surface area contributed by atoms with Crippen molar-refractivity contribution >= 4 is 59.2 Å². The second-order valence-corrected chi connectivity index (χ2v) is 17.1. The lowest BCUT2D eigenvalue weighted by Gasteiger charge is -2.29. The number of rotatable bonds is 26. The zero-order valence-corrected chi connectivity index (χ0v) is 37.8. The molecular formula is C42H67N11O12. The monoisotopic (exact) mass is 917 g/mol. The summed E-state index contributed by atoms with van der Waals surface area (Å²) in [5.41, 5.74) is 17.6. The Hall–Kier alpha value is -6.52. The highest BCUT2D eigenvalue weighted by Crippen LogP contribution is 2.20. The maximum atomic E-state index is 13.6. The number of aromatic hydroxyl groups is 1. The van der Waals surface area contributed by atoms with Crippen LogP contribution in [0.5, 0.6) is 5.75 Å². The van der Waals surface area contributed by atoms with Gasteiger partial charge in [0.2, 0.25) is 41.4 Å². The van der Waals surface area contributed by atoms with E-state index in [1.54, 1.807) is 53.7 Å². The molecule has 1 aliphatic heterocycles. The van der Waals surface area contributed by atoms with Crippen molar-refractivity contribution in [3.05, 3.63) is 29.8 Å². The molecule has 1 aromatic carbocycles. The fourth-order valence-electron chi connectivity index (χ4n) is 6.97. The molecular weight excluding hydrogens is 851 g/mol. The van der Waals surface area contributed by atoms with E-state index in [0.717, 1.165) is 0 Å². The molecule has 65 heavy (non-hydrogen) atoms. The lowest BCUT2D eigenvalue weighted by Crippen LogP contribution is -2.59. The van der Waals surface area contributed by atoms with Gasteiger partial charge in [0.05, 0.1) is 19.0 Å². The van der Waals surface area contributed by atoms with Crippen molar-refractivity contribution in [1.82, 2.24) is 36.8 Å². The smallest absolute Gasteiger partial charge is 0.326 e. The molecule has 362 valence electrons. The minimum atomic E-state index is -1.67. The van der Waals surface area contributed by atoms with Crippen LogP contribution in [0.25, 0.3) is 0 Å². The van der Waals surface area contributed by atoms with Gasteiger partial charge in [0.15, 0.2) is 5.96 Å². The first kappa shape index (κ1) is 54.6. The minimum absolute atomic E-state index is 0.00396. The number of phenols is 1. The van der Waals surface area contributed by atoms with Crippen molar-refractivity contribution in [3.63, 3.8) is 0 Å². The Labute approximate surface area is 377 Å². The SMILES string of the molecule is CC(C)C[C@H](NC(=O)[C@H](CC(=O)O)NC(=O)[C@@H]1CCCN1C(=O)[C@@H](N)Cc1ccc(O)cc1)C(=O)NCC(=O)N[C@H](C(=O)N[C@@H](CCCN=C(N)N)C(=O)N[C@H](C(=O)O)C(C)C)C(C)C. The van der Waals surface area contributed by atoms with Gasteiger partial charge in [-0.25, -0.2) is 4.79 Å². The molecule has 1 aliphatic rings. The Morgan fingerprint density at radius 3 is 1.92 bits per heavy atom. The van der Waals surface area contributed by atoms with E-state index in [4.69, 9.17) is 17.2 Å². The summed E-state index contributed by atoms with van der Waals surface area (Å²) in [6.45, 7) is 9.55. The first-order valence-corrected chi connectivity index (χ1v) is 21.5. The van der Waals surface area contributed by atoms with Crippen LogP contribution in [0, 0.1) is 17.8 Å². The number of nitrogens with zero attached hydrogens (tertiary/aromatic N) is 2. The fraction of sp³-hybridized carbons (Fsp3) is 0.619. The number of aliphatic carboxylic acids is 2. The molecule has 2 rings (SSSR count). The molecule has 0 radical (unpaired) electrons. The molecule has 7 amide bonds. The van der Waals surface area contributed by atoms with Crippen LogP contribution >= 0.6 is 0 Å². The molecule has 1 saturated heterocycles. The van der Waals surface area contributed by atoms with Crippen molar-refractivity contribution in [1.29, 1.82) is 0 Å². The van der Waals surface area contributed by atoms with Gasteiger partial charge in [0.25, 0.3) is 0 Å². The maximum Gasteiger partial charge on any atom is 0.326 e. The molecule has 7 atom stereocenters. The summed E-state index contributed by atoms with van der Waals surface area (Å²) < 4.78 is 0. The normalized spacial score (nSPS) is 16.3. The van der Waals surface area contributed by atoms with Gasteiger partial charge in [-0.05, 0) is 74.0 Å². The van der Waals surface area contributed by atoms with Crippen LogP contribution in [0.15, 0.2) is 29.3 Å². The number of nitrogens with two attached hydrogens (primary N) is 3. The fourth-order valence-corrected chi connectivity index (χ4v) is 6.97. The number of guanidine groups is 1. The Morgan fingerprint density at radius 2 is 1.37 bits per heavy atom. The van der Waals surface area contributed by atoms with E-state index in [0.29, 0.717) is 12.0 Å². The molecule has 0 bridgehead atoms. The van der Waals surface area contributed by atoms with Gasteiger partial charge in [-0.1, -0.05) is 53.7 Å². The minimum Gasteiger partial charge on any atom is -0.508 e. The summed E-state index contributed by atoms with van der Waals surface area (Å²) in [5, 5.41) is 43.6. The van der Waals surface area contributed by atoms with Crippen molar-refractivity contribution in [2.45, 2.75) is 129 Å². The molecule has 0 unspecified atom stereocenters. The number of hydrogen-bond donors (Lipinski definition) is 12. The number of carbonyl (C=O) groups is 9. The summed E-state index contributed by atoms with van der Waals surface area (Å²) in [5.74, 6) is -9.68. The number of phenolic OH excluding ortho intramolecular Hbond substituents is 1. The number of likely N-dealkylation sites (tertiary alicyclic amines) is 1. The molecule has 1 fully saturated rings. The van der Waals surface area contributed by atoms with Crippen molar-refractivity contribution in [2.24, 2.45) is 39.9 Å². The number of carboxylic acids is 2. The lowest BCUT2D eigenvalue weighted by molar-refractivity contribution is -0.143. The van der Waals surface area contributed by atoms with Crippen LogP contribution in [-0.2, 0) is 49.6 Å². The van der Waals surface area contributed by atoms with E-state index in [2.05, 4.69) is 36.9 Å². The van der Waals surface area contributed by atoms with E-state index in [-0.39, 0.29) is 62.8 Å². The topological polar surface area (TPSA) is 380 Å². The number of carbonyl (C=O) groups excluding carboxylic acids is 7. The van der Waals surface area contributed by atoms with Gasteiger partial charge in [-0.2, -0.15) is 0 Å². The molecule has 0 saturated carbocycles.